The van der Waals surface area contributed by atoms with Gasteiger partial charge in [-0.05, 0) is 41.7 Å². The zero-order chi connectivity index (χ0) is 19.8. The molecule has 6 heteroatoms. The molecule has 27 heavy (non-hydrogen) atoms. The molecule has 2 N–H and O–H groups in total. The van der Waals surface area contributed by atoms with E-state index < -0.39 is 11.8 Å². The first-order chi connectivity index (χ1) is 12.9. The van der Waals surface area contributed by atoms with Crippen molar-refractivity contribution in [2.45, 2.75) is 32.7 Å². The number of carbonyl (C=O) groups is 2. The molecule has 0 saturated heterocycles. The van der Waals surface area contributed by atoms with Crippen molar-refractivity contribution in [1.82, 2.24) is 10.7 Å². The van der Waals surface area contributed by atoms with Crippen LogP contribution in [0.2, 0.25) is 0 Å². The molecule has 0 aliphatic carbocycles. The van der Waals surface area contributed by atoms with Crippen molar-refractivity contribution in [3.05, 3.63) is 65.2 Å². The highest BCUT2D eigenvalue weighted by Crippen LogP contribution is 2.17. The third-order valence-electron chi connectivity index (χ3n) is 4.15. The Bertz CT molecular complexity index is 796. The zero-order valence-corrected chi connectivity index (χ0v) is 16.0. The van der Waals surface area contributed by atoms with Crippen LogP contribution < -0.4 is 15.5 Å². The first-order valence-electron chi connectivity index (χ1n) is 8.78. The molecule has 1 atom stereocenters. The Hall–Kier alpha value is -3.15. The number of hydrazone groups is 1. The van der Waals surface area contributed by atoms with Gasteiger partial charge in [-0.15, -0.1) is 0 Å². The van der Waals surface area contributed by atoms with Gasteiger partial charge in [0.05, 0.1) is 19.4 Å². The normalized spacial score (nSPS) is 12.0. The van der Waals surface area contributed by atoms with Gasteiger partial charge in [0.25, 0.3) is 0 Å². The van der Waals surface area contributed by atoms with Crippen molar-refractivity contribution in [1.29, 1.82) is 0 Å². The Balaban J connectivity index is 1.86. The second kappa shape index (κ2) is 9.52. The molecule has 0 heterocycles. The van der Waals surface area contributed by atoms with Crippen molar-refractivity contribution in [2.24, 2.45) is 5.10 Å². The summed E-state index contributed by atoms with van der Waals surface area (Å²) in [6, 6.07) is 14.8. The zero-order valence-electron chi connectivity index (χ0n) is 16.0. The summed E-state index contributed by atoms with van der Waals surface area (Å²) in [5.74, 6) is -0.381. The maximum absolute atomic E-state index is 12.0. The number of hydrogen-bond acceptors (Lipinski definition) is 4. The predicted molar refractivity (Wildman–Crippen MR) is 106 cm³/mol. The SMILES string of the molecule is COc1ccc([C@H](C)NC(=O)C(=O)N/N=C\c2ccc(C(C)C)cc2)cc1. The summed E-state index contributed by atoms with van der Waals surface area (Å²) in [6.07, 6.45) is 1.50. The van der Waals surface area contributed by atoms with Crippen LogP contribution in [0.15, 0.2) is 53.6 Å². The summed E-state index contributed by atoms with van der Waals surface area (Å²) in [5.41, 5.74) is 5.17. The minimum atomic E-state index is -0.814. The van der Waals surface area contributed by atoms with Crippen LogP contribution in [-0.4, -0.2) is 25.1 Å². The van der Waals surface area contributed by atoms with Gasteiger partial charge in [-0.1, -0.05) is 50.2 Å². The number of amides is 2. The van der Waals surface area contributed by atoms with E-state index in [1.54, 1.807) is 26.2 Å². The molecule has 6 nitrogen and oxygen atoms in total. The van der Waals surface area contributed by atoms with Crippen LogP contribution in [0.3, 0.4) is 0 Å². The van der Waals surface area contributed by atoms with E-state index in [4.69, 9.17) is 4.74 Å². The number of nitrogens with one attached hydrogen (secondary N) is 2. The monoisotopic (exact) mass is 367 g/mol. The Kier molecular flexibility index (Phi) is 7.11. The third-order valence-corrected chi connectivity index (χ3v) is 4.15. The fourth-order valence-electron chi connectivity index (χ4n) is 2.42. The average Bonchev–Trinajstić information content (AvgIpc) is 2.68. The lowest BCUT2D eigenvalue weighted by Crippen LogP contribution is -2.39. The Labute approximate surface area is 159 Å². The smallest absolute Gasteiger partial charge is 0.329 e. The number of hydrogen-bond donors (Lipinski definition) is 2. The highest BCUT2D eigenvalue weighted by molar-refractivity contribution is 6.35. The first-order valence-corrected chi connectivity index (χ1v) is 8.78. The van der Waals surface area contributed by atoms with E-state index in [1.165, 1.54) is 11.8 Å². The molecule has 142 valence electrons. The molecule has 2 aromatic rings. The van der Waals surface area contributed by atoms with Crippen molar-refractivity contribution >= 4 is 18.0 Å². The summed E-state index contributed by atoms with van der Waals surface area (Å²) in [7, 11) is 1.59. The molecule has 0 bridgehead atoms. The number of benzene rings is 2. The maximum atomic E-state index is 12.0. The van der Waals surface area contributed by atoms with Crippen molar-refractivity contribution in [3.8, 4) is 5.75 Å². The lowest BCUT2D eigenvalue weighted by atomic mass is 10.0. The second-order valence-electron chi connectivity index (χ2n) is 6.49. The summed E-state index contributed by atoms with van der Waals surface area (Å²) >= 11 is 0. The van der Waals surface area contributed by atoms with Crippen LogP contribution >= 0.6 is 0 Å². The van der Waals surface area contributed by atoms with Crippen LogP contribution in [-0.2, 0) is 9.59 Å². The minimum Gasteiger partial charge on any atom is -0.497 e. The Morgan fingerprint density at radius 2 is 1.52 bits per heavy atom. The number of carbonyl (C=O) groups excluding carboxylic acids is 2. The molecule has 0 aliphatic heterocycles. The molecule has 2 aromatic carbocycles. The van der Waals surface area contributed by atoms with Gasteiger partial charge in [-0.2, -0.15) is 5.10 Å². The Morgan fingerprint density at radius 1 is 0.926 bits per heavy atom. The molecule has 0 fully saturated rings. The van der Waals surface area contributed by atoms with Gasteiger partial charge in [0.1, 0.15) is 5.75 Å². The van der Waals surface area contributed by atoms with Gasteiger partial charge in [0.2, 0.25) is 0 Å². The second-order valence-corrected chi connectivity index (χ2v) is 6.49. The highest BCUT2D eigenvalue weighted by Gasteiger charge is 2.16. The summed E-state index contributed by atoms with van der Waals surface area (Å²) in [5, 5.41) is 6.47. The molecule has 0 spiro atoms. The molecule has 0 aromatic heterocycles. The van der Waals surface area contributed by atoms with Gasteiger partial charge in [-0.25, -0.2) is 5.43 Å². The molecule has 2 rings (SSSR count). The quantitative estimate of drug-likeness (QED) is 0.468. The molecule has 0 unspecified atom stereocenters. The lowest BCUT2D eigenvalue weighted by molar-refractivity contribution is -0.139. The van der Waals surface area contributed by atoms with E-state index in [0.717, 1.165) is 16.9 Å². The van der Waals surface area contributed by atoms with Crippen molar-refractivity contribution in [2.75, 3.05) is 7.11 Å². The van der Waals surface area contributed by atoms with Gasteiger partial charge in [0.15, 0.2) is 0 Å². The predicted octanol–water partition coefficient (Wildman–Crippen LogP) is 3.15. The molecule has 0 aliphatic rings. The van der Waals surface area contributed by atoms with Crippen LogP contribution in [0.25, 0.3) is 0 Å². The number of nitrogens with zero attached hydrogens (tertiary/aromatic N) is 1. The van der Waals surface area contributed by atoms with Crippen molar-refractivity contribution in [3.63, 3.8) is 0 Å². The van der Waals surface area contributed by atoms with Gasteiger partial charge >= 0.3 is 11.8 Å². The summed E-state index contributed by atoms with van der Waals surface area (Å²) in [4.78, 5) is 23.9. The summed E-state index contributed by atoms with van der Waals surface area (Å²) < 4.78 is 5.10. The van der Waals surface area contributed by atoms with Gasteiger partial charge in [-0.3, -0.25) is 9.59 Å². The van der Waals surface area contributed by atoms with Crippen molar-refractivity contribution < 1.29 is 14.3 Å². The highest BCUT2D eigenvalue weighted by atomic mass is 16.5. The first kappa shape index (κ1) is 20.2. The maximum Gasteiger partial charge on any atom is 0.329 e. The fraction of sp³-hybridized carbons (Fsp3) is 0.286. The fourth-order valence-corrected chi connectivity index (χ4v) is 2.42. The van der Waals surface area contributed by atoms with E-state index in [-0.39, 0.29) is 6.04 Å². The lowest BCUT2D eigenvalue weighted by Gasteiger charge is -2.13. The van der Waals surface area contributed by atoms with E-state index >= 15 is 0 Å². The largest absolute Gasteiger partial charge is 0.497 e. The van der Waals surface area contributed by atoms with E-state index in [1.807, 2.05) is 36.4 Å². The van der Waals surface area contributed by atoms with E-state index in [2.05, 4.69) is 29.7 Å². The average molecular weight is 367 g/mol. The molecule has 0 radical (unpaired) electrons. The summed E-state index contributed by atoms with van der Waals surface area (Å²) in [6.45, 7) is 6.04. The minimum absolute atomic E-state index is 0.318. The molecule has 0 saturated carbocycles. The topological polar surface area (TPSA) is 79.8 Å². The standard InChI is InChI=1S/C21H25N3O3/c1-14(2)17-7-5-16(6-8-17)13-22-24-21(26)20(25)23-15(3)18-9-11-19(27-4)12-10-18/h5-15H,1-4H3,(H,23,25)(H,24,26)/b22-13-/t15-/m0/s1. The molecular weight excluding hydrogens is 342 g/mol. The third kappa shape index (κ3) is 5.95. The van der Waals surface area contributed by atoms with Gasteiger partial charge < -0.3 is 10.1 Å². The van der Waals surface area contributed by atoms with Crippen LogP contribution in [0.1, 0.15) is 49.4 Å². The van der Waals surface area contributed by atoms with E-state index in [9.17, 15) is 9.59 Å². The molecule has 2 amide bonds. The molecular formula is C21H25N3O3. The number of methoxy groups -OCH3 is 1. The van der Waals surface area contributed by atoms with Gasteiger partial charge in [0, 0.05) is 0 Å². The van der Waals surface area contributed by atoms with E-state index in [0.29, 0.717) is 5.92 Å². The van der Waals surface area contributed by atoms with Crippen LogP contribution in [0.4, 0.5) is 0 Å². The van der Waals surface area contributed by atoms with Crippen LogP contribution in [0, 0.1) is 0 Å². The number of ether oxygens (including phenoxy) is 1. The number of rotatable bonds is 6. The Morgan fingerprint density at radius 3 is 2.07 bits per heavy atom. The van der Waals surface area contributed by atoms with Crippen LogP contribution in [0.5, 0.6) is 5.75 Å².